The van der Waals surface area contributed by atoms with E-state index in [0.717, 1.165) is 12.8 Å². The Morgan fingerprint density at radius 2 is 2.11 bits per heavy atom. The predicted octanol–water partition coefficient (Wildman–Crippen LogP) is 1.67. The third kappa shape index (κ3) is 2.95. The molecule has 142 valence electrons. The number of benzene rings is 1. The number of nitrogens with one attached hydrogen (secondary N) is 1. The van der Waals surface area contributed by atoms with E-state index >= 15 is 0 Å². The topological polar surface area (TPSA) is 112 Å². The van der Waals surface area contributed by atoms with Gasteiger partial charge in [-0.15, -0.1) is 5.10 Å². The van der Waals surface area contributed by atoms with Crippen molar-refractivity contribution in [2.24, 2.45) is 0 Å². The molecule has 4 heterocycles. The van der Waals surface area contributed by atoms with Crippen molar-refractivity contribution in [1.29, 1.82) is 0 Å². The number of tetrazole rings is 1. The minimum atomic E-state index is -0.348. The maximum absolute atomic E-state index is 13.9. The lowest BCUT2D eigenvalue weighted by Crippen LogP contribution is -2.15. The zero-order valence-electron chi connectivity index (χ0n) is 14.7. The second-order valence-electron chi connectivity index (χ2n) is 6.46. The first-order valence-electron chi connectivity index (χ1n) is 8.87. The summed E-state index contributed by atoms with van der Waals surface area (Å²) in [5, 5.41) is 22.9. The molecule has 0 atom stereocenters. The summed E-state index contributed by atoms with van der Waals surface area (Å²) >= 11 is 0. The largest absolute Gasteiger partial charge is 0.381 e. The molecule has 1 saturated heterocycles. The van der Waals surface area contributed by atoms with Crippen LogP contribution in [0.2, 0.25) is 0 Å². The molecule has 0 saturated carbocycles. The van der Waals surface area contributed by atoms with Gasteiger partial charge in [-0.2, -0.15) is 14.9 Å². The van der Waals surface area contributed by atoms with Crippen molar-refractivity contribution in [3.8, 4) is 22.9 Å². The molecule has 5 rings (SSSR count). The molecule has 0 bridgehead atoms. The minimum Gasteiger partial charge on any atom is -0.381 e. The average molecular weight is 381 g/mol. The average Bonchev–Trinajstić information content (AvgIpc) is 3.47. The number of rotatable bonds is 4. The number of H-pyrrole nitrogens is 1. The highest BCUT2D eigenvalue weighted by Gasteiger charge is 2.25. The van der Waals surface area contributed by atoms with Crippen molar-refractivity contribution in [3.63, 3.8) is 0 Å². The Hall–Kier alpha value is -3.47. The monoisotopic (exact) mass is 381 g/mol. The number of ether oxygens (including phenoxy) is 1. The summed E-state index contributed by atoms with van der Waals surface area (Å²) in [6.45, 7) is 1.35. The molecule has 1 N–H and O–H groups in total. The number of hydrogen-bond donors (Lipinski definition) is 1. The van der Waals surface area contributed by atoms with Crippen molar-refractivity contribution in [1.82, 2.24) is 45.2 Å². The Morgan fingerprint density at radius 1 is 1.21 bits per heavy atom. The molecular formula is C17H16FN9O. The summed E-state index contributed by atoms with van der Waals surface area (Å²) in [7, 11) is 0. The summed E-state index contributed by atoms with van der Waals surface area (Å²) in [5.41, 5.74) is 1.23. The molecule has 10 nitrogen and oxygen atoms in total. The van der Waals surface area contributed by atoms with Crippen molar-refractivity contribution < 1.29 is 9.13 Å². The molecule has 0 spiro atoms. The van der Waals surface area contributed by atoms with E-state index in [2.05, 4.69) is 25.7 Å². The molecule has 0 aliphatic carbocycles. The molecule has 1 fully saturated rings. The van der Waals surface area contributed by atoms with Crippen LogP contribution < -0.4 is 0 Å². The fourth-order valence-corrected chi connectivity index (χ4v) is 3.30. The van der Waals surface area contributed by atoms with E-state index in [4.69, 9.17) is 14.8 Å². The van der Waals surface area contributed by atoms with E-state index in [1.807, 2.05) is 0 Å². The summed E-state index contributed by atoms with van der Waals surface area (Å²) in [6.07, 6.45) is 4.78. The van der Waals surface area contributed by atoms with Gasteiger partial charge in [0.15, 0.2) is 17.5 Å². The van der Waals surface area contributed by atoms with Crippen LogP contribution >= 0.6 is 0 Å². The van der Waals surface area contributed by atoms with Crippen LogP contribution in [0, 0.1) is 5.82 Å². The van der Waals surface area contributed by atoms with Crippen LogP contribution in [0.5, 0.6) is 0 Å². The van der Waals surface area contributed by atoms with Gasteiger partial charge in [0.25, 0.3) is 0 Å². The Morgan fingerprint density at radius 3 is 2.89 bits per heavy atom. The van der Waals surface area contributed by atoms with Crippen LogP contribution in [-0.4, -0.2) is 58.4 Å². The van der Waals surface area contributed by atoms with E-state index in [1.165, 1.54) is 23.1 Å². The van der Waals surface area contributed by atoms with Gasteiger partial charge in [-0.1, -0.05) is 6.07 Å². The molecule has 0 radical (unpaired) electrons. The maximum atomic E-state index is 13.9. The van der Waals surface area contributed by atoms with Crippen molar-refractivity contribution >= 4 is 0 Å². The van der Waals surface area contributed by atoms with Crippen LogP contribution in [0.1, 0.15) is 24.6 Å². The van der Waals surface area contributed by atoms with Crippen molar-refractivity contribution in [3.05, 3.63) is 48.4 Å². The SMILES string of the molecule is Fc1cccc(-n2nc(C3CCOCC3)nc2-c2cn[nH]c2-n2cnnn2)c1. The summed E-state index contributed by atoms with van der Waals surface area (Å²) < 4.78 is 22.4. The third-order valence-electron chi connectivity index (χ3n) is 4.70. The molecule has 0 unspecified atom stereocenters. The van der Waals surface area contributed by atoms with Gasteiger partial charge >= 0.3 is 0 Å². The van der Waals surface area contributed by atoms with Crippen LogP contribution in [-0.2, 0) is 4.74 Å². The Kier molecular flexibility index (Phi) is 4.13. The minimum absolute atomic E-state index is 0.186. The third-order valence-corrected chi connectivity index (χ3v) is 4.70. The number of aromatic nitrogens is 9. The molecule has 28 heavy (non-hydrogen) atoms. The lowest BCUT2D eigenvalue weighted by Gasteiger charge is -2.18. The highest BCUT2D eigenvalue weighted by molar-refractivity contribution is 5.65. The van der Waals surface area contributed by atoms with Gasteiger partial charge in [-0.05, 0) is 41.5 Å². The normalized spacial score (nSPS) is 15.2. The van der Waals surface area contributed by atoms with Gasteiger partial charge in [0.05, 0.1) is 17.4 Å². The van der Waals surface area contributed by atoms with Crippen LogP contribution in [0.4, 0.5) is 4.39 Å². The van der Waals surface area contributed by atoms with Crippen LogP contribution in [0.15, 0.2) is 36.8 Å². The second-order valence-corrected chi connectivity index (χ2v) is 6.46. The lowest BCUT2D eigenvalue weighted by atomic mass is 10.00. The quantitative estimate of drug-likeness (QED) is 0.572. The van der Waals surface area contributed by atoms with E-state index in [1.54, 1.807) is 23.0 Å². The number of hydrogen-bond acceptors (Lipinski definition) is 7. The van der Waals surface area contributed by atoms with E-state index in [0.29, 0.717) is 41.9 Å². The smallest absolute Gasteiger partial charge is 0.168 e. The maximum Gasteiger partial charge on any atom is 0.168 e. The highest BCUT2D eigenvalue weighted by Crippen LogP contribution is 2.30. The Labute approximate surface area is 158 Å². The molecule has 1 aliphatic heterocycles. The fraction of sp³-hybridized carbons (Fsp3) is 0.294. The van der Waals surface area contributed by atoms with Gasteiger partial charge in [-0.3, -0.25) is 5.10 Å². The van der Waals surface area contributed by atoms with Crippen LogP contribution in [0.3, 0.4) is 0 Å². The summed E-state index contributed by atoms with van der Waals surface area (Å²) in [6, 6.07) is 6.24. The number of halogens is 1. The molecule has 0 amide bonds. The molecule has 3 aromatic heterocycles. The number of nitrogens with zero attached hydrogens (tertiary/aromatic N) is 8. The Balaban J connectivity index is 1.66. The first-order chi connectivity index (χ1) is 13.8. The zero-order chi connectivity index (χ0) is 18.9. The van der Waals surface area contributed by atoms with Gasteiger partial charge in [-0.25, -0.2) is 14.1 Å². The summed E-state index contributed by atoms with van der Waals surface area (Å²) in [4.78, 5) is 4.78. The van der Waals surface area contributed by atoms with Gasteiger partial charge in [0.2, 0.25) is 0 Å². The molecule has 4 aromatic rings. The van der Waals surface area contributed by atoms with E-state index in [9.17, 15) is 4.39 Å². The van der Waals surface area contributed by atoms with Gasteiger partial charge in [0, 0.05) is 19.1 Å². The van der Waals surface area contributed by atoms with E-state index < -0.39 is 0 Å². The van der Waals surface area contributed by atoms with Crippen molar-refractivity contribution in [2.75, 3.05) is 13.2 Å². The lowest BCUT2D eigenvalue weighted by molar-refractivity contribution is 0.0836. The standard InChI is InChI=1S/C17H16FN9O/c18-12-2-1-3-13(8-12)27-16(21-15(23-27)11-4-6-28-7-5-11)14-9-19-22-17(14)26-10-20-24-25-26/h1-3,8-11H,4-7H2,(H,19,22). The Bertz CT molecular complexity index is 1080. The molecule has 1 aliphatic rings. The summed E-state index contributed by atoms with van der Waals surface area (Å²) in [5.74, 6) is 1.62. The highest BCUT2D eigenvalue weighted by atomic mass is 19.1. The number of aromatic amines is 1. The predicted molar refractivity (Wildman–Crippen MR) is 94.4 cm³/mol. The first-order valence-corrected chi connectivity index (χ1v) is 8.87. The molecule has 11 heteroatoms. The zero-order valence-corrected chi connectivity index (χ0v) is 14.7. The van der Waals surface area contributed by atoms with Gasteiger partial charge in [0.1, 0.15) is 12.1 Å². The molecule has 1 aromatic carbocycles. The fourth-order valence-electron chi connectivity index (χ4n) is 3.30. The second kappa shape index (κ2) is 6.93. The van der Waals surface area contributed by atoms with Gasteiger partial charge < -0.3 is 4.74 Å². The van der Waals surface area contributed by atoms with Crippen LogP contribution in [0.25, 0.3) is 22.9 Å². The van der Waals surface area contributed by atoms with E-state index in [-0.39, 0.29) is 11.7 Å². The van der Waals surface area contributed by atoms with Crippen molar-refractivity contribution in [2.45, 2.75) is 18.8 Å². The first kappa shape index (κ1) is 16.7. The molecular weight excluding hydrogens is 365 g/mol.